The monoisotopic (exact) mass is 415 g/mol. The van der Waals surface area contributed by atoms with Crippen molar-refractivity contribution in [2.75, 3.05) is 18.8 Å². The van der Waals surface area contributed by atoms with E-state index in [0.717, 1.165) is 0 Å². The summed E-state index contributed by atoms with van der Waals surface area (Å²) in [6.07, 6.45) is 1.56. The molecular formula is C19H18FN5O3S. The van der Waals surface area contributed by atoms with Crippen LogP contribution in [-0.4, -0.2) is 58.3 Å². The minimum absolute atomic E-state index is 0.0568. The fourth-order valence-electron chi connectivity index (χ4n) is 3.48. The molecule has 1 aromatic heterocycles. The number of amides is 1. The Hall–Kier alpha value is -3.14. The van der Waals surface area contributed by atoms with Crippen LogP contribution < -0.4 is 0 Å². The molecule has 0 radical (unpaired) electrons. The lowest BCUT2D eigenvalue weighted by Gasteiger charge is -2.20. The summed E-state index contributed by atoms with van der Waals surface area (Å²) in [5, 5.41) is 9.99. The standard InChI is InChI=1S/C19H18FN5O3S/c20-17-7-2-1-6-16(17)18-8-9-24(10-11-29(18,27)28)19(26)14-4-3-5-15(12-14)25-13-21-22-23-25/h1-7,12-13,18H,8-11H2. The second kappa shape index (κ2) is 7.70. The Kier molecular flexibility index (Phi) is 5.10. The molecule has 1 atom stereocenters. The van der Waals surface area contributed by atoms with Crippen molar-refractivity contribution in [3.05, 3.63) is 71.8 Å². The zero-order valence-corrected chi connectivity index (χ0v) is 16.2. The molecule has 29 heavy (non-hydrogen) atoms. The number of halogens is 1. The highest BCUT2D eigenvalue weighted by Gasteiger charge is 2.34. The molecule has 2 aromatic carbocycles. The van der Waals surface area contributed by atoms with E-state index in [2.05, 4.69) is 15.5 Å². The van der Waals surface area contributed by atoms with Crippen LogP contribution in [0.2, 0.25) is 0 Å². The molecule has 150 valence electrons. The van der Waals surface area contributed by atoms with Crippen molar-refractivity contribution in [3.63, 3.8) is 0 Å². The molecule has 0 spiro atoms. The number of benzene rings is 2. The van der Waals surface area contributed by atoms with Crippen LogP contribution in [0, 0.1) is 5.82 Å². The molecule has 4 rings (SSSR count). The number of nitrogens with zero attached hydrogens (tertiary/aromatic N) is 5. The van der Waals surface area contributed by atoms with Gasteiger partial charge >= 0.3 is 0 Å². The van der Waals surface area contributed by atoms with Crippen molar-refractivity contribution >= 4 is 15.7 Å². The van der Waals surface area contributed by atoms with Gasteiger partial charge in [-0.2, -0.15) is 0 Å². The highest BCUT2D eigenvalue weighted by Crippen LogP contribution is 2.31. The third kappa shape index (κ3) is 3.88. The molecule has 2 heterocycles. The zero-order chi connectivity index (χ0) is 20.4. The summed E-state index contributed by atoms with van der Waals surface area (Å²) in [6, 6.07) is 12.7. The molecule has 3 aromatic rings. The molecule has 0 aliphatic carbocycles. The van der Waals surface area contributed by atoms with Crippen LogP contribution >= 0.6 is 0 Å². The predicted octanol–water partition coefficient (Wildman–Crippen LogP) is 1.80. The van der Waals surface area contributed by atoms with Crippen LogP contribution in [0.3, 0.4) is 0 Å². The number of carbonyl (C=O) groups excluding carboxylic acids is 1. The van der Waals surface area contributed by atoms with E-state index >= 15 is 0 Å². The second-order valence-corrected chi connectivity index (χ2v) is 9.07. The van der Waals surface area contributed by atoms with Crippen molar-refractivity contribution in [3.8, 4) is 5.69 Å². The van der Waals surface area contributed by atoms with Crippen LogP contribution in [0.4, 0.5) is 4.39 Å². The average Bonchev–Trinajstić information content (AvgIpc) is 3.21. The van der Waals surface area contributed by atoms with Gasteiger partial charge in [0.05, 0.1) is 16.7 Å². The van der Waals surface area contributed by atoms with E-state index in [1.165, 1.54) is 34.1 Å². The molecule has 1 unspecified atom stereocenters. The molecule has 1 amide bonds. The molecule has 1 aliphatic heterocycles. The quantitative estimate of drug-likeness (QED) is 0.647. The van der Waals surface area contributed by atoms with E-state index in [4.69, 9.17) is 0 Å². The SMILES string of the molecule is O=C(c1cccc(-n2cnnn2)c1)N1CCC(c2ccccc2F)S(=O)(=O)CC1. The number of carbonyl (C=O) groups is 1. The number of hydrogen-bond donors (Lipinski definition) is 0. The summed E-state index contributed by atoms with van der Waals surface area (Å²) in [7, 11) is -3.59. The number of rotatable bonds is 3. The number of sulfone groups is 1. The van der Waals surface area contributed by atoms with Crippen molar-refractivity contribution in [1.82, 2.24) is 25.1 Å². The maximum absolute atomic E-state index is 14.2. The first-order valence-corrected chi connectivity index (χ1v) is 10.8. The lowest BCUT2D eigenvalue weighted by molar-refractivity contribution is 0.0766. The van der Waals surface area contributed by atoms with E-state index in [1.807, 2.05) is 0 Å². The van der Waals surface area contributed by atoms with Crippen molar-refractivity contribution in [2.24, 2.45) is 0 Å². The Morgan fingerprint density at radius 1 is 1.10 bits per heavy atom. The van der Waals surface area contributed by atoms with Crippen LogP contribution in [0.25, 0.3) is 5.69 Å². The van der Waals surface area contributed by atoms with Crippen LogP contribution in [-0.2, 0) is 9.84 Å². The number of aromatic nitrogens is 4. The fourth-order valence-corrected chi connectivity index (χ4v) is 5.28. The Bertz CT molecular complexity index is 1130. The molecule has 0 bridgehead atoms. The van der Waals surface area contributed by atoms with Gasteiger partial charge in [0.1, 0.15) is 12.1 Å². The van der Waals surface area contributed by atoms with Gasteiger partial charge in [0.25, 0.3) is 5.91 Å². The van der Waals surface area contributed by atoms with Gasteiger partial charge in [0.2, 0.25) is 0 Å². The second-order valence-electron chi connectivity index (χ2n) is 6.76. The topological polar surface area (TPSA) is 98.1 Å². The maximum atomic E-state index is 14.2. The summed E-state index contributed by atoms with van der Waals surface area (Å²) in [4.78, 5) is 14.5. The number of hydrogen-bond acceptors (Lipinski definition) is 6. The zero-order valence-electron chi connectivity index (χ0n) is 15.3. The van der Waals surface area contributed by atoms with E-state index in [-0.39, 0.29) is 36.7 Å². The normalized spacial score (nSPS) is 18.9. The molecule has 1 fully saturated rings. The van der Waals surface area contributed by atoms with Crippen molar-refractivity contribution in [1.29, 1.82) is 0 Å². The highest BCUT2D eigenvalue weighted by molar-refractivity contribution is 7.91. The number of tetrazole rings is 1. The summed E-state index contributed by atoms with van der Waals surface area (Å²) in [5.74, 6) is -1.05. The lowest BCUT2D eigenvalue weighted by Crippen LogP contribution is -2.33. The van der Waals surface area contributed by atoms with Gasteiger partial charge in [-0.25, -0.2) is 17.5 Å². The van der Waals surface area contributed by atoms with E-state index in [1.54, 1.807) is 30.3 Å². The largest absolute Gasteiger partial charge is 0.338 e. The maximum Gasteiger partial charge on any atom is 0.253 e. The van der Waals surface area contributed by atoms with Gasteiger partial charge < -0.3 is 4.90 Å². The lowest BCUT2D eigenvalue weighted by atomic mass is 10.1. The van der Waals surface area contributed by atoms with E-state index < -0.39 is 20.9 Å². The molecule has 0 N–H and O–H groups in total. The molecule has 8 nitrogen and oxygen atoms in total. The molecule has 1 aliphatic rings. The summed E-state index contributed by atoms with van der Waals surface area (Å²) < 4.78 is 41.1. The van der Waals surface area contributed by atoms with E-state index in [9.17, 15) is 17.6 Å². The van der Waals surface area contributed by atoms with Gasteiger partial charge in [-0.1, -0.05) is 24.3 Å². The molecular weight excluding hydrogens is 397 g/mol. The minimum atomic E-state index is -3.59. The molecule has 10 heteroatoms. The third-order valence-corrected chi connectivity index (χ3v) is 7.09. The molecule has 1 saturated heterocycles. The fraction of sp³-hybridized carbons (Fsp3) is 0.263. The van der Waals surface area contributed by atoms with Gasteiger partial charge in [0, 0.05) is 24.2 Å². The average molecular weight is 415 g/mol. The van der Waals surface area contributed by atoms with Crippen molar-refractivity contribution in [2.45, 2.75) is 11.7 Å². The summed E-state index contributed by atoms with van der Waals surface area (Å²) in [5.41, 5.74) is 1.18. The smallest absolute Gasteiger partial charge is 0.253 e. The van der Waals surface area contributed by atoms with Gasteiger partial charge in [-0.15, -0.1) is 5.10 Å². The Labute approximate surface area is 166 Å². The highest BCUT2D eigenvalue weighted by atomic mass is 32.2. The van der Waals surface area contributed by atoms with Gasteiger partial charge in [0.15, 0.2) is 9.84 Å². The third-order valence-electron chi connectivity index (χ3n) is 4.99. The Morgan fingerprint density at radius 2 is 1.93 bits per heavy atom. The first-order valence-electron chi connectivity index (χ1n) is 9.04. The van der Waals surface area contributed by atoms with Gasteiger partial charge in [-0.3, -0.25) is 4.79 Å². The van der Waals surface area contributed by atoms with E-state index in [0.29, 0.717) is 11.3 Å². The minimum Gasteiger partial charge on any atom is -0.338 e. The molecule has 0 saturated carbocycles. The van der Waals surface area contributed by atoms with Gasteiger partial charge in [-0.05, 0) is 41.1 Å². The van der Waals surface area contributed by atoms with Crippen LogP contribution in [0.15, 0.2) is 54.9 Å². The Morgan fingerprint density at radius 3 is 2.69 bits per heavy atom. The Balaban J connectivity index is 1.58. The van der Waals surface area contributed by atoms with Crippen molar-refractivity contribution < 1.29 is 17.6 Å². The van der Waals surface area contributed by atoms with Crippen LogP contribution in [0.1, 0.15) is 27.6 Å². The first kappa shape index (κ1) is 19.2. The predicted molar refractivity (Wildman–Crippen MR) is 103 cm³/mol. The summed E-state index contributed by atoms with van der Waals surface area (Å²) >= 11 is 0. The summed E-state index contributed by atoms with van der Waals surface area (Å²) in [6.45, 7) is 0.271. The van der Waals surface area contributed by atoms with Crippen LogP contribution in [0.5, 0.6) is 0 Å². The first-order chi connectivity index (χ1) is 14.0.